The van der Waals surface area contributed by atoms with Crippen molar-refractivity contribution >= 4 is 18.3 Å². The molecule has 0 saturated heterocycles. The van der Waals surface area contributed by atoms with Crippen molar-refractivity contribution in [1.29, 1.82) is 0 Å². The van der Waals surface area contributed by atoms with E-state index in [0.29, 0.717) is 12.0 Å². The molecule has 0 radical (unpaired) electrons. The fourth-order valence-corrected chi connectivity index (χ4v) is 1.68. The summed E-state index contributed by atoms with van der Waals surface area (Å²) in [7, 11) is -1.19. The van der Waals surface area contributed by atoms with Crippen LogP contribution >= 0.6 is 0 Å². The summed E-state index contributed by atoms with van der Waals surface area (Å²) in [6.45, 7) is 0. The van der Waals surface area contributed by atoms with Gasteiger partial charge in [0.2, 0.25) is 0 Å². The van der Waals surface area contributed by atoms with Gasteiger partial charge in [-0.05, 0) is 12.7 Å². The molecule has 0 unspecified atom stereocenters. The molecule has 0 amide bonds. The zero-order valence-corrected chi connectivity index (χ0v) is 9.50. The number of hydrogen-bond donors (Lipinski definition) is 3. The molecule has 0 aliphatic heterocycles. The number of unbranched alkanes of at least 4 members (excludes halogenated alkanes) is 2. The highest BCUT2D eigenvalue weighted by atomic mass is 16.4. The molecule has 0 spiro atoms. The molecule has 0 aliphatic rings. The van der Waals surface area contributed by atoms with Crippen LogP contribution in [0.15, 0.2) is 12.5 Å². The average molecular weight is 234 g/mol. The van der Waals surface area contributed by atoms with Crippen LogP contribution in [0.5, 0.6) is 0 Å². The van der Waals surface area contributed by atoms with Crippen LogP contribution in [-0.4, -0.2) is 37.1 Å². The molecule has 0 atom stereocenters. The summed E-state index contributed by atoms with van der Waals surface area (Å²) in [6.07, 6.45) is 7.27. The molecule has 0 bridgehead atoms. The van der Waals surface area contributed by atoms with E-state index in [9.17, 15) is 0 Å². The number of H-pyrrole nitrogens is 1. The maximum absolute atomic E-state index is 8.68. The average Bonchev–Trinajstić information content (AvgIpc) is 2.75. The summed E-state index contributed by atoms with van der Waals surface area (Å²) < 4.78 is 0. The fourth-order valence-electron chi connectivity index (χ4n) is 1.68. The zero-order valence-electron chi connectivity index (χ0n) is 9.50. The number of imidazole rings is 1. The lowest BCUT2D eigenvalue weighted by molar-refractivity contribution is 0.401. The molecular formula is C10H15BN4O2. The number of nitrogens with zero attached hydrogens (tertiary/aromatic N) is 3. The molecule has 90 valence electrons. The van der Waals surface area contributed by atoms with Crippen LogP contribution in [0.2, 0.25) is 6.32 Å². The topological polar surface area (TPSA) is 94.9 Å². The van der Waals surface area contributed by atoms with Crippen LogP contribution in [0, 0.1) is 0 Å². The first-order valence-corrected chi connectivity index (χ1v) is 5.77. The standard InChI is InChI=1S/C10H15BN4O2/c16-11(17)5-3-1-2-4-9-12-6-8-10(15-9)14-7-13-8/h6-7,16-17H,1-5H2,(H,12,13,14,15). The van der Waals surface area contributed by atoms with Gasteiger partial charge in [-0.25, -0.2) is 15.0 Å². The van der Waals surface area contributed by atoms with E-state index >= 15 is 0 Å². The van der Waals surface area contributed by atoms with E-state index in [1.165, 1.54) is 0 Å². The predicted octanol–water partition coefficient (Wildman–Crippen LogP) is 0.538. The largest absolute Gasteiger partial charge is 0.451 e. The summed E-state index contributed by atoms with van der Waals surface area (Å²) in [4.78, 5) is 15.6. The molecular weight excluding hydrogens is 219 g/mol. The van der Waals surface area contributed by atoms with Crippen molar-refractivity contribution in [3.8, 4) is 0 Å². The number of rotatable bonds is 6. The van der Waals surface area contributed by atoms with Gasteiger partial charge < -0.3 is 15.0 Å². The normalized spacial score (nSPS) is 10.9. The summed E-state index contributed by atoms with van der Waals surface area (Å²) in [5, 5.41) is 17.4. The second-order valence-corrected chi connectivity index (χ2v) is 4.01. The van der Waals surface area contributed by atoms with Crippen LogP contribution in [0.1, 0.15) is 25.1 Å². The van der Waals surface area contributed by atoms with Crippen molar-refractivity contribution in [3.05, 3.63) is 18.3 Å². The van der Waals surface area contributed by atoms with Gasteiger partial charge in [-0.2, -0.15) is 0 Å². The van der Waals surface area contributed by atoms with Crippen molar-refractivity contribution in [2.45, 2.75) is 32.0 Å². The van der Waals surface area contributed by atoms with E-state index in [0.717, 1.165) is 37.0 Å². The predicted molar refractivity (Wildman–Crippen MR) is 64.2 cm³/mol. The van der Waals surface area contributed by atoms with Crippen molar-refractivity contribution in [2.75, 3.05) is 0 Å². The SMILES string of the molecule is OB(O)CCCCCc1ncc2[nH]cnc2n1. The Hall–Kier alpha value is -1.47. The number of aromatic nitrogens is 4. The highest BCUT2D eigenvalue weighted by Crippen LogP contribution is 2.08. The highest BCUT2D eigenvalue weighted by Gasteiger charge is 2.06. The lowest BCUT2D eigenvalue weighted by Crippen LogP contribution is -2.09. The van der Waals surface area contributed by atoms with Gasteiger partial charge >= 0.3 is 7.12 Å². The van der Waals surface area contributed by atoms with Crippen LogP contribution in [-0.2, 0) is 6.42 Å². The van der Waals surface area contributed by atoms with Gasteiger partial charge in [0.1, 0.15) is 11.3 Å². The Morgan fingerprint density at radius 2 is 2.06 bits per heavy atom. The minimum atomic E-state index is -1.19. The molecule has 17 heavy (non-hydrogen) atoms. The van der Waals surface area contributed by atoms with Crippen LogP contribution in [0.25, 0.3) is 11.2 Å². The van der Waals surface area contributed by atoms with Crippen LogP contribution < -0.4 is 0 Å². The molecule has 2 heterocycles. The molecule has 2 aromatic rings. The van der Waals surface area contributed by atoms with Crippen LogP contribution in [0.4, 0.5) is 0 Å². The Bertz CT molecular complexity index is 474. The second-order valence-electron chi connectivity index (χ2n) is 4.01. The summed E-state index contributed by atoms with van der Waals surface area (Å²) >= 11 is 0. The van der Waals surface area contributed by atoms with Gasteiger partial charge in [0.25, 0.3) is 0 Å². The van der Waals surface area contributed by atoms with Gasteiger partial charge in [-0.15, -0.1) is 0 Å². The number of aryl methyl sites for hydroxylation is 1. The molecule has 3 N–H and O–H groups in total. The minimum absolute atomic E-state index is 0.430. The number of nitrogens with one attached hydrogen (secondary N) is 1. The first kappa shape index (κ1) is 12.0. The molecule has 7 heteroatoms. The van der Waals surface area contributed by atoms with Gasteiger partial charge in [0, 0.05) is 6.42 Å². The molecule has 0 fully saturated rings. The van der Waals surface area contributed by atoms with Gasteiger partial charge in [-0.1, -0.05) is 12.8 Å². The molecule has 0 aromatic carbocycles. The van der Waals surface area contributed by atoms with Gasteiger partial charge in [0.05, 0.1) is 12.5 Å². The smallest absolute Gasteiger partial charge is 0.427 e. The Kier molecular flexibility index (Phi) is 4.05. The third-order valence-corrected chi connectivity index (χ3v) is 2.59. The number of aromatic amines is 1. The molecule has 0 aliphatic carbocycles. The van der Waals surface area contributed by atoms with Crippen LogP contribution in [0.3, 0.4) is 0 Å². The van der Waals surface area contributed by atoms with E-state index in [2.05, 4.69) is 19.9 Å². The summed E-state index contributed by atoms with van der Waals surface area (Å²) in [5.74, 6) is 0.786. The van der Waals surface area contributed by atoms with E-state index in [1.54, 1.807) is 12.5 Å². The molecule has 2 rings (SSSR count). The third kappa shape index (κ3) is 3.50. The second kappa shape index (κ2) is 5.74. The Morgan fingerprint density at radius 1 is 1.18 bits per heavy atom. The highest BCUT2D eigenvalue weighted by molar-refractivity contribution is 6.40. The third-order valence-electron chi connectivity index (χ3n) is 2.59. The molecule has 0 saturated carbocycles. The van der Waals surface area contributed by atoms with E-state index in [1.807, 2.05) is 0 Å². The van der Waals surface area contributed by atoms with E-state index < -0.39 is 7.12 Å². The Labute approximate surface area is 99.3 Å². The first-order chi connectivity index (χ1) is 8.25. The molecule has 2 aromatic heterocycles. The Balaban J connectivity index is 1.78. The lowest BCUT2D eigenvalue weighted by atomic mass is 9.83. The van der Waals surface area contributed by atoms with E-state index in [4.69, 9.17) is 10.0 Å². The maximum Gasteiger partial charge on any atom is 0.451 e. The molecule has 6 nitrogen and oxygen atoms in total. The number of hydrogen-bond acceptors (Lipinski definition) is 5. The minimum Gasteiger partial charge on any atom is -0.427 e. The monoisotopic (exact) mass is 234 g/mol. The van der Waals surface area contributed by atoms with Crippen molar-refractivity contribution in [3.63, 3.8) is 0 Å². The van der Waals surface area contributed by atoms with Crippen molar-refractivity contribution < 1.29 is 10.0 Å². The van der Waals surface area contributed by atoms with Crippen molar-refractivity contribution in [1.82, 2.24) is 19.9 Å². The van der Waals surface area contributed by atoms with Gasteiger partial charge in [0.15, 0.2) is 5.65 Å². The maximum atomic E-state index is 8.68. The zero-order chi connectivity index (χ0) is 12.1. The van der Waals surface area contributed by atoms with Crippen molar-refractivity contribution in [2.24, 2.45) is 0 Å². The Morgan fingerprint density at radius 3 is 2.88 bits per heavy atom. The number of fused-ring (bicyclic) bond motifs is 1. The first-order valence-electron chi connectivity index (χ1n) is 5.77. The summed E-state index contributed by atoms with van der Waals surface area (Å²) in [6, 6.07) is 0. The fraction of sp³-hybridized carbons (Fsp3) is 0.500. The summed E-state index contributed by atoms with van der Waals surface area (Å²) in [5.41, 5.74) is 1.54. The van der Waals surface area contributed by atoms with Gasteiger partial charge in [-0.3, -0.25) is 0 Å². The van der Waals surface area contributed by atoms with E-state index in [-0.39, 0.29) is 0 Å². The lowest BCUT2D eigenvalue weighted by Gasteiger charge is -2.00. The quantitative estimate of drug-likeness (QED) is 0.500.